The maximum absolute atomic E-state index is 11.6. The van der Waals surface area contributed by atoms with Gasteiger partial charge in [-0.15, -0.1) is 0 Å². The molecular weight excluding hydrogens is 192 g/mol. The molecule has 0 saturated heterocycles. The monoisotopic (exact) mass is 200 g/mol. The van der Waals surface area contributed by atoms with Gasteiger partial charge in [0.25, 0.3) is 0 Å². The molecule has 3 nitrogen and oxygen atoms in total. The van der Waals surface area contributed by atoms with E-state index in [2.05, 4.69) is 0 Å². The van der Waals surface area contributed by atoms with Gasteiger partial charge in [0.1, 0.15) is 5.76 Å². The van der Waals surface area contributed by atoms with Crippen LogP contribution < -0.4 is 5.63 Å². The van der Waals surface area contributed by atoms with E-state index in [0.29, 0.717) is 29.6 Å². The lowest BCUT2D eigenvalue weighted by Gasteiger charge is -2.01. The summed E-state index contributed by atoms with van der Waals surface area (Å²) in [6.45, 7) is 0. The van der Waals surface area contributed by atoms with Gasteiger partial charge in [-0.05, 0) is 6.07 Å². The lowest BCUT2D eigenvalue weighted by atomic mass is 10.1. The van der Waals surface area contributed by atoms with E-state index in [1.165, 1.54) is 0 Å². The first-order valence-electron chi connectivity index (χ1n) is 4.85. The first-order valence-corrected chi connectivity index (χ1v) is 4.85. The van der Waals surface area contributed by atoms with Crippen molar-refractivity contribution in [3.63, 3.8) is 0 Å². The zero-order valence-corrected chi connectivity index (χ0v) is 7.95. The fourth-order valence-corrected chi connectivity index (χ4v) is 2.08. The first kappa shape index (κ1) is 8.41. The van der Waals surface area contributed by atoms with E-state index >= 15 is 0 Å². The number of Topliss-reactive ketones (excluding diaryl/α,β-unsaturated/α-hetero) is 1. The van der Waals surface area contributed by atoms with Crippen LogP contribution in [0.5, 0.6) is 0 Å². The second-order valence-electron chi connectivity index (χ2n) is 3.66. The summed E-state index contributed by atoms with van der Waals surface area (Å²) in [6.07, 6.45) is 1.00. The standard InChI is InChI=1S/C12H8O3/c13-9-5-6-10-11(9)7-3-1-2-4-8(7)12(14)15-10/h1-4H,5-6H2. The van der Waals surface area contributed by atoms with Crippen LogP contribution in [0.2, 0.25) is 0 Å². The summed E-state index contributed by atoms with van der Waals surface area (Å²) >= 11 is 0. The van der Waals surface area contributed by atoms with Gasteiger partial charge in [0, 0.05) is 18.2 Å². The van der Waals surface area contributed by atoms with Crippen LogP contribution in [-0.4, -0.2) is 5.78 Å². The molecule has 0 bridgehead atoms. The molecular formula is C12H8O3. The summed E-state index contributed by atoms with van der Waals surface area (Å²) in [5.74, 6) is 0.619. The summed E-state index contributed by atoms with van der Waals surface area (Å²) in [4.78, 5) is 23.2. The fraction of sp³-hybridized carbons (Fsp3) is 0.167. The van der Waals surface area contributed by atoms with Crippen molar-refractivity contribution in [3.05, 3.63) is 46.0 Å². The summed E-state index contributed by atoms with van der Waals surface area (Å²) in [5, 5.41) is 1.22. The normalized spacial score (nSPS) is 14.5. The number of rotatable bonds is 0. The zero-order chi connectivity index (χ0) is 10.4. The van der Waals surface area contributed by atoms with Crippen LogP contribution in [0.15, 0.2) is 33.5 Å². The molecule has 0 saturated carbocycles. The Kier molecular flexibility index (Phi) is 1.57. The summed E-state index contributed by atoms with van der Waals surface area (Å²) in [7, 11) is 0. The molecule has 1 aliphatic rings. The number of benzene rings is 1. The third-order valence-electron chi connectivity index (χ3n) is 2.77. The third-order valence-corrected chi connectivity index (χ3v) is 2.77. The molecule has 0 unspecified atom stereocenters. The maximum atomic E-state index is 11.6. The molecule has 1 aliphatic carbocycles. The van der Waals surface area contributed by atoms with Gasteiger partial charge in [-0.2, -0.15) is 0 Å². The minimum atomic E-state index is -0.348. The number of fused-ring (bicyclic) bond motifs is 3. The molecule has 0 atom stereocenters. The average molecular weight is 200 g/mol. The minimum Gasteiger partial charge on any atom is -0.427 e. The third kappa shape index (κ3) is 1.06. The van der Waals surface area contributed by atoms with Crippen LogP contribution in [-0.2, 0) is 6.42 Å². The molecule has 2 aromatic rings. The Morgan fingerprint density at radius 3 is 2.53 bits per heavy atom. The molecule has 74 valence electrons. The van der Waals surface area contributed by atoms with Crippen molar-refractivity contribution in [1.82, 2.24) is 0 Å². The molecule has 0 N–H and O–H groups in total. The Bertz CT molecular complexity index is 622. The Balaban J connectivity index is 2.56. The van der Waals surface area contributed by atoms with E-state index in [4.69, 9.17) is 4.42 Å². The van der Waals surface area contributed by atoms with Crippen molar-refractivity contribution in [3.8, 4) is 0 Å². The summed E-state index contributed by atoms with van der Waals surface area (Å²) in [5.41, 5.74) is 0.254. The number of hydrogen-bond donors (Lipinski definition) is 0. The van der Waals surface area contributed by atoms with Crippen molar-refractivity contribution < 1.29 is 9.21 Å². The van der Waals surface area contributed by atoms with Gasteiger partial charge in [-0.25, -0.2) is 4.79 Å². The van der Waals surface area contributed by atoms with Crippen molar-refractivity contribution in [1.29, 1.82) is 0 Å². The zero-order valence-electron chi connectivity index (χ0n) is 7.95. The van der Waals surface area contributed by atoms with Gasteiger partial charge in [0.15, 0.2) is 5.78 Å². The van der Waals surface area contributed by atoms with Crippen LogP contribution in [0.4, 0.5) is 0 Å². The van der Waals surface area contributed by atoms with Crippen molar-refractivity contribution in [2.45, 2.75) is 12.8 Å². The molecule has 0 amide bonds. The van der Waals surface area contributed by atoms with E-state index in [1.807, 2.05) is 6.07 Å². The predicted molar refractivity (Wildman–Crippen MR) is 55.1 cm³/mol. The summed E-state index contributed by atoms with van der Waals surface area (Å²) < 4.78 is 5.13. The highest BCUT2D eigenvalue weighted by atomic mass is 16.4. The highest BCUT2D eigenvalue weighted by Crippen LogP contribution is 2.27. The minimum absolute atomic E-state index is 0.0740. The summed E-state index contributed by atoms with van der Waals surface area (Å²) in [6, 6.07) is 7.08. The van der Waals surface area contributed by atoms with E-state index in [-0.39, 0.29) is 11.4 Å². The lowest BCUT2D eigenvalue weighted by Crippen LogP contribution is -2.04. The van der Waals surface area contributed by atoms with Gasteiger partial charge in [-0.3, -0.25) is 4.79 Å². The molecule has 1 aromatic heterocycles. The fourth-order valence-electron chi connectivity index (χ4n) is 2.08. The molecule has 1 heterocycles. The molecule has 0 fully saturated rings. The molecule has 0 aliphatic heterocycles. The van der Waals surface area contributed by atoms with Crippen molar-refractivity contribution in [2.24, 2.45) is 0 Å². The lowest BCUT2D eigenvalue weighted by molar-refractivity contribution is 0.0996. The highest BCUT2D eigenvalue weighted by molar-refractivity contribution is 6.10. The largest absolute Gasteiger partial charge is 0.427 e. The van der Waals surface area contributed by atoms with Crippen LogP contribution in [0.1, 0.15) is 22.5 Å². The highest BCUT2D eigenvalue weighted by Gasteiger charge is 2.25. The van der Waals surface area contributed by atoms with Gasteiger partial charge in [0.2, 0.25) is 0 Å². The van der Waals surface area contributed by atoms with Gasteiger partial charge >= 0.3 is 5.63 Å². The van der Waals surface area contributed by atoms with E-state index in [1.54, 1.807) is 18.2 Å². The van der Waals surface area contributed by atoms with Gasteiger partial charge in [0.05, 0.1) is 10.9 Å². The van der Waals surface area contributed by atoms with Crippen LogP contribution >= 0.6 is 0 Å². The Labute approximate surface area is 85.3 Å². The Hall–Kier alpha value is -1.90. The Morgan fingerprint density at radius 2 is 1.73 bits per heavy atom. The van der Waals surface area contributed by atoms with E-state index in [0.717, 1.165) is 5.39 Å². The van der Waals surface area contributed by atoms with Crippen LogP contribution in [0.25, 0.3) is 10.8 Å². The average Bonchev–Trinajstić information content (AvgIpc) is 2.61. The van der Waals surface area contributed by atoms with Gasteiger partial charge in [-0.1, -0.05) is 18.2 Å². The van der Waals surface area contributed by atoms with Crippen LogP contribution in [0, 0.1) is 0 Å². The van der Waals surface area contributed by atoms with E-state index < -0.39 is 0 Å². The maximum Gasteiger partial charge on any atom is 0.343 e. The van der Waals surface area contributed by atoms with Crippen molar-refractivity contribution >= 4 is 16.6 Å². The SMILES string of the molecule is O=C1CCc2oc(=O)c3ccccc3c21. The molecule has 3 rings (SSSR count). The first-order chi connectivity index (χ1) is 7.27. The molecule has 0 radical (unpaired) electrons. The topological polar surface area (TPSA) is 47.3 Å². The predicted octanol–water partition coefficient (Wildman–Crippen LogP) is 1.92. The smallest absolute Gasteiger partial charge is 0.343 e. The molecule has 0 spiro atoms. The Morgan fingerprint density at radius 1 is 1.00 bits per heavy atom. The number of hydrogen-bond acceptors (Lipinski definition) is 3. The van der Waals surface area contributed by atoms with Crippen LogP contribution in [0.3, 0.4) is 0 Å². The van der Waals surface area contributed by atoms with Gasteiger partial charge < -0.3 is 4.42 Å². The quantitative estimate of drug-likeness (QED) is 0.652. The second kappa shape index (κ2) is 2.79. The van der Waals surface area contributed by atoms with Crippen molar-refractivity contribution in [2.75, 3.05) is 0 Å². The number of carbonyl (C=O) groups excluding carboxylic acids is 1. The molecule has 1 aromatic carbocycles. The molecule has 15 heavy (non-hydrogen) atoms. The number of aryl methyl sites for hydroxylation is 1. The second-order valence-corrected chi connectivity index (χ2v) is 3.66. The number of ketones is 1. The molecule has 3 heteroatoms. The number of carbonyl (C=O) groups is 1. The van der Waals surface area contributed by atoms with E-state index in [9.17, 15) is 9.59 Å².